The lowest BCUT2D eigenvalue weighted by Crippen LogP contribution is -2.35. The molecule has 166 valence electrons. The Morgan fingerprint density at radius 2 is 1.97 bits per heavy atom. The predicted octanol–water partition coefficient (Wildman–Crippen LogP) is 2.19. The number of hydrogen-bond acceptors (Lipinski definition) is 8. The highest BCUT2D eigenvalue weighted by Crippen LogP contribution is 2.31. The summed E-state index contributed by atoms with van der Waals surface area (Å²) in [5.74, 6) is -1.10. The van der Waals surface area contributed by atoms with Crippen LogP contribution in [-0.4, -0.2) is 55.3 Å². The Hall–Kier alpha value is -3.25. The minimum Gasteiger partial charge on any atom is -0.495 e. The standard InChI is InChI=1S/C19H22N4O7S/c1-29-15-8-7-14(12-17(15)31(27,28)22-10-3-2-4-11-22)21-18(24)13-30-16-6-5-9-20-19(16)23(25)26/h5-9,12H,2-4,10-11,13H2,1H3,(H,21,24). The molecule has 2 aromatic rings. The molecule has 0 spiro atoms. The molecule has 0 atom stereocenters. The average molecular weight is 450 g/mol. The summed E-state index contributed by atoms with van der Waals surface area (Å²) >= 11 is 0. The van der Waals surface area contributed by atoms with Gasteiger partial charge in [-0.2, -0.15) is 4.31 Å². The number of aromatic nitrogens is 1. The lowest BCUT2D eigenvalue weighted by atomic mass is 10.2. The van der Waals surface area contributed by atoms with Crippen molar-refractivity contribution in [1.29, 1.82) is 0 Å². The number of carbonyl (C=O) groups excluding carboxylic acids is 1. The van der Waals surface area contributed by atoms with E-state index in [9.17, 15) is 23.3 Å². The normalized spacial score (nSPS) is 14.6. The Bertz CT molecular complexity index is 1070. The maximum Gasteiger partial charge on any atom is 0.406 e. The van der Waals surface area contributed by atoms with E-state index in [-0.39, 0.29) is 22.1 Å². The van der Waals surface area contributed by atoms with Crippen molar-refractivity contribution < 1.29 is 27.6 Å². The Labute approximate surface area is 179 Å². The maximum atomic E-state index is 13.1. The van der Waals surface area contributed by atoms with E-state index in [0.717, 1.165) is 19.3 Å². The van der Waals surface area contributed by atoms with Crippen molar-refractivity contribution in [3.8, 4) is 11.5 Å². The molecule has 0 bridgehead atoms. The average Bonchev–Trinajstić information content (AvgIpc) is 2.78. The first-order valence-corrected chi connectivity index (χ1v) is 11.0. The summed E-state index contributed by atoms with van der Waals surface area (Å²) < 4.78 is 37.9. The topological polar surface area (TPSA) is 141 Å². The molecule has 1 amide bonds. The number of hydrogen-bond donors (Lipinski definition) is 1. The van der Waals surface area contributed by atoms with E-state index in [4.69, 9.17) is 9.47 Å². The largest absolute Gasteiger partial charge is 0.495 e. The van der Waals surface area contributed by atoms with E-state index in [1.807, 2.05) is 0 Å². The minimum absolute atomic E-state index is 0.0430. The summed E-state index contributed by atoms with van der Waals surface area (Å²) in [5.41, 5.74) is 0.227. The molecule has 0 radical (unpaired) electrons. The fraction of sp³-hybridized carbons (Fsp3) is 0.368. The van der Waals surface area contributed by atoms with E-state index < -0.39 is 33.3 Å². The number of piperidine rings is 1. The number of amides is 1. The third-order valence-corrected chi connectivity index (χ3v) is 6.58. The Morgan fingerprint density at radius 1 is 1.23 bits per heavy atom. The second-order valence-electron chi connectivity index (χ2n) is 6.75. The van der Waals surface area contributed by atoms with Gasteiger partial charge in [-0.25, -0.2) is 8.42 Å². The second kappa shape index (κ2) is 9.71. The Morgan fingerprint density at radius 3 is 2.65 bits per heavy atom. The van der Waals surface area contributed by atoms with Crippen molar-refractivity contribution in [2.24, 2.45) is 0 Å². The van der Waals surface area contributed by atoms with Gasteiger partial charge in [0.2, 0.25) is 15.8 Å². The van der Waals surface area contributed by atoms with Gasteiger partial charge in [-0.15, -0.1) is 0 Å². The van der Waals surface area contributed by atoms with Gasteiger partial charge in [0.1, 0.15) is 16.8 Å². The van der Waals surface area contributed by atoms with Crippen LogP contribution in [0.2, 0.25) is 0 Å². The van der Waals surface area contributed by atoms with E-state index in [0.29, 0.717) is 13.1 Å². The number of anilines is 1. The van der Waals surface area contributed by atoms with E-state index in [1.54, 1.807) is 0 Å². The molecule has 1 aliphatic rings. The van der Waals surface area contributed by atoms with Crippen LogP contribution in [0.5, 0.6) is 11.5 Å². The number of nitro groups is 1. The molecule has 31 heavy (non-hydrogen) atoms. The summed E-state index contributed by atoms with van der Waals surface area (Å²) in [4.78, 5) is 26.1. The van der Waals surface area contributed by atoms with Gasteiger partial charge < -0.3 is 24.9 Å². The molecule has 1 N–H and O–H groups in total. The molecule has 0 unspecified atom stereocenters. The van der Waals surface area contributed by atoms with Gasteiger partial charge in [0.25, 0.3) is 5.91 Å². The zero-order valence-corrected chi connectivity index (χ0v) is 17.6. The molecule has 1 aromatic carbocycles. The molecule has 12 heteroatoms. The fourth-order valence-corrected chi connectivity index (χ4v) is 4.87. The molecular formula is C19H22N4O7S. The number of ether oxygens (including phenoxy) is 2. The summed E-state index contributed by atoms with van der Waals surface area (Å²) in [6, 6.07) is 7.06. The summed E-state index contributed by atoms with van der Waals surface area (Å²) in [7, 11) is -2.42. The van der Waals surface area contributed by atoms with Gasteiger partial charge in [0.15, 0.2) is 6.61 Å². The van der Waals surface area contributed by atoms with Crippen LogP contribution in [0.1, 0.15) is 19.3 Å². The number of nitrogens with zero attached hydrogens (tertiary/aromatic N) is 3. The van der Waals surface area contributed by atoms with Crippen LogP contribution >= 0.6 is 0 Å². The van der Waals surface area contributed by atoms with Gasteiger partial charge in [0, 0.05) is 18.8 Å². The molecule has 1 fully saturated rings. The van der Waals surface area contributed by atoms with Crippen LogP contribution in [-0.2, 0) is 14.8 Å². The summed E-state index contributed by atoms with van der Waals surface area (Å²) in [5, 5.41) is 13.5. The summed E-state index contributed by atoms with van der Waals surface area (Å²) in [6.45, 7) is 0.340. The lowest BCUT2D eigenvalue weighted by molar-refractivity contribution is -0.390. The monoisotopic (exact) mass is 450 g/mol. The van der Waals surface area contributed by atoms with Crippen LogP contribution in [0.25, 0.3) is 0 Å². The molecule has 2 heterocycles. The SMILES string of the molecule is COc1ccc(NC(=O)COc2cccnc2[N+](=O)[O-])cc1S(=O)(=O)N1CCCCC1. The van der Waals surface area contributed by atoms with Crippen LogP contribution in [0.15, 0.2) is 41.4 Å². The van der Waals surface area contributed by atoms with Gasteiger partial charge in [-0.1, -0.05) is 6.42 Å². The highest BCUT2D eigenvalue weighted by Gasteiger charge is 2.29. The first-order chi connectivity index (χ1) is 14.8. The molecule has 1 saturated heterocycles. The number of methoxy groups -OCH3 is 1. The first-order valence-electron chi connectivity index (χ1n) is 9.53. The second-order valence-corrected chi connectivity index (χ2v) is 8.66. The quantitative estimate of drug-likeness (QED) is 0.477. The fourth-order valence-electron chi connectivity index (χ4n) is 3.17. The number of carbonyl (C=O) groups is 1. The van der Waals surface area contributed by atoms with Crippen molar-refractivity contribution in [2.45, 2.75) is 24.2 Å². The van der Waals surface area contributed by atoms with Crippen LogP contribution in [0.3, 0.4) is 0 Å². The first kappa shape index (κ1) is 22.4. The zero-order valence-electron chi connectivity index (χ0n) is 16.8. The van der Waals surface area contributed by atoms with E-state index in [1.165, 1.54) is 47.9 Å². The number of rotatable bonds is 8. The van der Waals surface area contributed by atoms with E-state index in [2.05, 4.69) is 10.3 Å². The number of benzene rings is 1. The molecule has 1 aliphatic heterocycles. The molecule has 1 aromatic heterocycles. The summed E-state index contributed by atoms with van der Waals surface area (Å²) in [6.07, 6.45) is 3.80. The highest BCUT2D eigenvalue weighted by atomic mass is 32.2. The van der Waals surface area contributed by atoms with Crippen molar-refractivity contribution in [3.63, 3.8) is 0 Å². The van der Waals surface area contributed by atoms with Gasteiger partial charge in [-0.3, -0.25) is 4.79 Å². The van der Waals surface area contributed by atoms with Gasteiger partial charge in [0.05, 0.1) is 7.11 Å². The number of sulfonamides is 1. The third kappa shape index (κ3) is 5.27. The molecule has 0 saturated carbocycles. The van der Waals surface area contributed by atoms with Crippen LogP contribution in [0.4, 0.5) is 11.5 Å². The van der Waals surface area contributed by atoms with Crippen molar-refractivity contribution in [2.75, 3.05) is 32.1 Å². The van der Waals surface area contributed by atoms with Gasteiger partial charge >= 0.3 is 5.82 Å². The Kier molecular flexibility index (Phi) is 7.02. The van der Waals surface area contributed by atoms with Gasteiger partial charge in [-0.05, 0) is 53.1 Å². The zero-order chi connectivity index (χ0) is 22.4. The smallest absolute Gasteiger partial charge is 0.406 e. The van der Waals surface area contributed by atoms with E-state index >= 15 is 0 Å². The van der Waals surface area contributed by atoms with Crippen molar-refractivity contribution in [1.82, 2.24) is 9.29 Å². The third-order valence-electron chi connectivity index (χ3n) is 4.66. The minimum atomic E-state index is -3.79. The molecule has 3 rings (SSSR count). The van der Waals surface area contributed by atoms with Crippen LogP contribution < -0.4 is 14.8 Å². The maximum absolute atomic E-state index is 13.1. The predicted molar refractivity (Wildman–Crippen MR) is 111 cm³/mol. The highest BCUT2D eigenvalue weighted by molar-refractivity contribution is 7.89. The molecular weight excluding hydrogens is 428 g/mol. The molecule has 0 aliphatic carbocycles. The molecule has 11 nitrogen and oxygen atoms in total. The van der Waals surface area contributed by atoms with Crippen molar-refractivity contribution in [3.05, 3.63) is 46.6 Å². The number of nitrogens with one attached hydrogen (secondary N) is 1. The van der Waals surface area contributed by atoms with Crippen molar-refractivity contribution >= 4 is 27.4 Å². The lowest BCUT2D eigenvalue weighted by Gasteiger charge is -2.26. The Balaban J connectivity index is 1.74. The number of pyridine rings is 1. The van der Waals surface area contributed by atoms with Crippen LogP contribution in [0, 0.1) is 10.1 Å².